The second kappa shape index (κ2) is 5.57. The van der Waals surface area contributed by atoms with Crippen LogP contribution in [-0.2, 0) is 19.5 Å². The average molecular weight is 318 g/mol. The lowest BCUT2D eigenvalue weighted by molar-refractivity contribution is 0.0725. The fraction of sp³-hybridized carbons (Fsp3) is 0.263. The predicted molar refractivity (Wildman–Crippen MR) is 92.5 cm³/mol. The number of carbonyl (C=O) groups excluding carboxylic acids is 1. The van der Waals surface area contributed by atoms with E-state index < -0.39 is 0 Å². The summed E-state index contributed by atoms with van der Waals surface area (Å²) < 4.78 is 2.10. The highest BCUT2D eigenvalue weighted by atomic mass is 16.2. The van der Waals surface area contributed by atoms with Gasteiger partial charge in [0.25, 0.3) is 5.91 Å². The molecule has 0 spiro atoms. The van der Waals surface area contributed by atoms with Crippen LogP contribution in [0.4, 0.5) is 0 Å². The molecule has 4 rings (SSSR count). The number of nitrogens with zero attached hydrogens (tertiary/aromatic N) is 3. The van der Waals surface area contributed by atoms with Gasteiger partial charge in [-0.2, -0.15) is 0 Å². The van der Waals surface area contributed by atoms with Crippen LogP contribution in [-0.4, -0.2) is 31.9 Å². The summed E-state index contributed by atoms with van der Waals surface area (Å²) in [6.07, 6.45) is 8.01. The van der Waals surface area contributed by atoms with Crippen molar-refractivity contribution >= 4 is 16.8 Å². The van der Waals surface area contributed by atoms with E-state index in [0.717, 1.165) is 40.0 Å². The number of imidazole rings is 1. The van der Waals surface area contributed by atoms with E-state index in [-0.39, 0.29) is 5.91 Å². The van der Waals surface area contributed by atoms with Crippen LogP contribution < -0.4 is 0 Å². The minimum absolute atomic E-state index is 0.0608. The van der Waals surface area contributed by atoms with Crippen LogP contribution in [0.25, 0.3) is 10.9 Å². The lowest BCUT2D eigenvalue weighted by Crippen LogP contribution is -2.37. The van der Waals surface area contributed by atoms with Crippen molar-refractivity contribution < 1.29 is 4.79 Å². The van der Waals surface area contributed by atoms with Gasteiger partial charge >= 0.3 is 0 Å². The summed E-state index contributed by atoms with van der Waals surface area (Å²) in [6, 6.07) is 7.98. The molecule has 2 aromatic heterocycles. The normalized spacial score (nSPS) is 14.0. The standard InChI is InChI=1S/C19H18N4O/c1-3-9-23-16-7-5-4-6-14(16)18-17(23)8-10-22(19(18)24)11-15-13(2)20-12-21-15/h1,4-7,12H,8-11H2,2H3,(H,20,21). The molecule has 1 aromatic carbocycles. The summed E-state index contributed by atoms with van der Waals surface area (Å²) in [7, 11) is 0. The molecule has 24 heavy (non-hydrogen) atoms. The van der Waals surface area contributed by atoms with Crippen LogP contribution in [0.2, 0.25) is 0 Å². The van der Waals surface area contributed by atoms with Crippen LogP contribution in [0.1, 0.15) is 27.4 Å². The Morgan fingerprint density at radius 3 is 2.96 bits per heavy atom. The SMILES string of the molecule is C#CCn1c2c(c3ccccc31)C(=O)N(Cc1nc[nH]c1C)CC2. The zero-order valence-electron chi connectivity index (χ0n) is 13.5. The maximum atomic E-state index is 13.1. The number of aromatic amines is 1. The number of H-pyrrole nitrogens is 1. The summed E-state index contributed by atoms with van der Waals surface area (Å²) in [4.78, 5) is 22.4. The van der Waals surface area contributed by atoms with E-state index in [9.17, 15) is 4.79 Å². The van der Waals surface area contributed by atoms with Crippen LogP contribution in [0.5, 0.6) is 0 Å². The Hall–Kier alpha value is -3.00. The molecule has 3 heterocycles. The number of amides is 1. The van der Waals surface area contributed by atoms with Gasteiger partial charge in [0.1, 0.15) is 0 Å². The maximum absolute atomic E-state index is 13.1. The number of aromatic nitrogens is 3. The van der Waals surface area contributed by atoms with E-state index in [4.69, 9.17) is 6.42 Å². The van der Waals surface area contributed by atoms with Crippen molar-refractivity contribution in [2.24, 2.45) is 0 Å². The van der Waals surface area contributed by atoms with Crippen LogP contribution in [0, 0.1) is 19.3 Å². The maximum Gasteiger partial charge on any atom is 0.256 e. The number of aryl methyl sites for hydroxylation is 1. The molecule has 5 heteroatoms. The minimum Gasteiger partial charge on any atom is -0.348 e. The molecule has 0 saturated carbocycles. The Morgan fingerprint density at radius 2 is 2.21 bits per heavy atom. The average Bonchev–Trinajstić information content (AvgIpc) is 3.13. The van der Waals surface area contributed by atoms with Gasteiger partial charge in [0, 0.05) is 35.3 Å². The molecule has 0 aliphatic carbocycles. The molecule has 0 fully saturated rings. The lowest BCUT2D eigenvalue weighted by atomic mass is 10.0. The second-order valence-electron chi connectivity index (χ2n) is 6.08. The Balaban J connectivity index is 1.79. The number of terminal acetylenes is 1. The molecular formula is C19H18N4O. The largest absolute Gasteiger partial charge is 0.348 e. The van der Waals surface area contributed by atoms with E-state index in [1.807, 2.05) is 36.1 Å². The van der Waals surface area contributed by atoms with Gasteiger partial charge in [0.05, 0.1) is 30.7 Å². The highest BCUT2D eigenvalue weighted by Crippen LogP contribution is 2.31. The van der Waals surface area contributed by atoms with Crippen LogP contribution in [0.15, 0.2) is 30.6 Å². The zero-order valence-corrected chi connectivity index (χ0v) is 13.5. The van der Waals surface area contributed by atoms with Gasteiger partial charge in [-0.1, -0.05) is 24.1 Å². The van der Waals surface area contributed by atoms with E-state index in [2.05, 4.69) is 20.5 Å². The van der Waals surface area contributed by atoms with Crippen molar-refractivity contribution in [1.82, 2.24) is 19.4 Å². The molecule has 0 atom stereocenters. The van der Waals surface area contributed by atoms with Crippen molar-refractivity contribution in [2.45, 2.75) is 26.4 Å². The molecule has 0 radical (unpaired) electrons. The number of para-hydroxylation sites is 1. The Kier molecular flexibility index (Phi) is 3.39. The summed E-state index contributed by atoms with van der Waals surface area (Å²) in [5.41, 5.74) is 4.79. The molecule has 1 amide bonds. The van der Waals surface area contributed by atoms with E-state index in [1.165, 1.54) is 0 Å². The van der Waals surface area contributed by atoms with Crippen molar-refractivity contribution in [3.63, 3.8) is 0 Å². The first kappa shape index (κ1) is 14.6. The van der Waals surface area contributed by atoms with E-state index in [0.29, 0.717) is 19.6 Å². The first-order chi connectivity index (χ1) is 11.7. The van der Waals surface area contributed by atoms with Gasteiger partial charge in [-0.15, -0.1) is 6.42 Å². The fourth-order valence-corrected chi connectivity index (χ4v) is 3.51. The van der Waals surface area contributed by atoms with Gasteiger partial charge < -0.3 is 14.5 Å². The molecule has 1 aliphatic heterocycles. The van der Waals surface area contributed by atoms with Gasteiger partial charge in [0.15, 0.2) is 0 Å². The summed E-state index contributed by atoms with van der Waals surface area (Å²) >= 11 is 0. The number of benzene rings is 1. The van der Waals surface area contributed by atoms with Crippen molar-refractivity contribution in [2.75, 3.05) is 6.54 Å². The number of rotatable bonds is 3. The van der Waals surface area contributed by atoms with Gasteiger partial charge in [-0.3, -0.25) is 4.79 Å². The van der Waals surface area contributed by atoms with Gasteiger partial charge in [-0.05, 0) is 13.0 Å². The van der Waals surface area contributed by atoms with Gasteiger partial charge in [0.2, 0.25) is 0 Å². The first-order valence-corrected chi connectivity index (χ1v) is 8.02. The number of nitrogens with one attached hydrogen (secondary N) is 1. The third kappa shape index (κ3) is 2.11. The molecule has 1 aliphatic rings. The van der Waals surface area contributed by atoms with Crippen LogP contribution in [0.3, 0.4) is 0 Å². The molecule has 0 saturated heterocycles. The van der Waals surface area contributed by atoms with Gasteiger partial charge in [-0.25, -0.2) is 4.98 Å². The van der Waals surface area contributed by atoms with Crippen molar-refractivity contribution in [3.05, 3.63) is 53.2 Å². The van der Waals surface area contributed by atoms with Crippen molar-refractivity contribution in [3.8, 4) is 12.3 Å². The van der Waals surface area contributed by atoms with E-state index in [1.54, 1.807) is 6.33 Å². The topological polar surface area (TPSA) is 53.9 Å². The Morgan fingerprint density at radius 1 is 1.38 bits per heavy atom. The Bertz CT molecular complexity index is 973. The molecule has 0 bridgehead atoms. The third-order valence-corrected chi connectivity index (χ3v) is 4.72. The molecule has 1 N–H and O–H groups in total. The number of hydrogen-bond acceptors (Lipinski definition) is 2. The highest BCUT2D eigenvalue weighted by Gasteiger charge is 2.30. The predicted octanol–water partition coefficient (Wildman–Crippen LogP) is 2.50. The van der Waals surface area contributed by atoms with Crippen LogP contribution >= 0.6 is 0 Å². The quantitative estimate of drug-likeness (QED) is 0.754. The smallest absolute Gasteiger partial charge is 0.256 e. The van der Waals surface area contributed by atoms with E-state index >= 15 is 0 Å². The molecule has 3 aromatic rings. The summed E-state index contributed by atoms with van der Waals surface area (Å²) in [5, 5.41) is 0.983. The first-order valence-electron chi connectivity index (χ1n) is 8.02. The minimum atomic E-state index is 0.0608. The zero-order chi connectivity index (χ0) is 16.7. The third-order valence-electron chi connectivity index (χ3n) is 4.72. The number of hydrogen-bond donors (Lipinski definition) is 1. The fourth-order valence-electron chi connectivity index (χ4n) is 3.51. The Labute approximate surface area is 140 Å². The summed E-state index contributed by atoms with van der Waals surface area (Å²) in [5.74, 6) is 2.77. The number of carbonyl (C=O) groups is 1. The second-order valence-corrected chi connectivity index (χ2v) is 6.08. The highest BCUT2D eigenvalue weighted by molar-refractivity contribution is 6.09. The van der Waals surface area contributed by atoms with Crippen molar-refractivity contribution in [1.29, 1.82) is 0 Å². The monoisotopic (exact) mass is 318 g/mol. The summed E-state index contributed by atoms with van der Waals surface area (Å²) in [6.45, 7) is 3.67. The molecule has 120 valence electrons. The molecular weight excluding hydrogens is 300 g/mol. The lowest BCUT2D eigenvalue weighted by Gasteiger charge is -2.27. The number of fused-ring (bicyclic) bond motifs is 3. The molecule has 0 unspecified atom stereocenters. The molecule has 5 nitrogen and oxygen atoms in total.